The second-order valence-electron chi connectivity index (χ2n) is 8.38. The molecule has 0 atom stereocenters. The van der Waals surface area contributed by atoms with Gasteiger partial charge in [-0.25, -0.2) is 19.6 Å². The molecule has 8 nitrogen and oxygen atoms in total. The number of aryl methyl sites for hydroxylation is 5. The first-order valence-electron chi connectivity index (χ1n) is 10.8. The van der Waals surface area contributed by atoms with Crippen molar-refractivity contribution < 1.29 is 0 Å². The van der Waals surface area contributed by atoms with Crippen LogP contribution in [0.1, 0.15) is 40.5 Å². The maximum Gasteiger partial charge on any atom is 0.159 e. The third kappa shape index (κ3) is 3.61. The van der Waals surface area contributed by atoms with Crippen molar-refractivity contribution in [2.75, 3.05) is 36.0 Å². The normalized spacial score (nSPS) is 15.8. The SMILES string of the molecule is Cc1cc(C)n(-c2cc(N3CCN(c4nc5c(cc4C#N)CCC5)CC3)nc(C)n2)n1. The van der Waals surface area contributed by atoms with Gasteiger partial charge in [0.2, 0.25) is 0 Å². The van der Waals surface area contributed by atoms with Gasteiger partial charge in [-0.2, -0.15) is 10.4 Å². The number of pyridine rings is 1. The summed E-state index contributed by atoms with van der Waals surface area (Å²) in [4.78, 5) is 18.7. The van der Waals surface area contributed by atoms with E-state index in [0.29, 0.717) is 5.56 Å². The summed E-state index contributed by atoms with van der Waals surface area (Å²) >= 11 is 0. The number of aromatic nitrogens is 5. The maximum absolute atomic E-state index is 9.65. The Labute approximate surface area is 182 Å². The van der Waals surface area contributed by atoms with Crippen LogP contribution in [-0.2, 0) is 12.8 Å². The highest BCUT2D eigenvalue weighted by Crippen LogP contribution is 2.28. The first-order valence-corrected chi connectivity index (χ1v) is 10.8. The van der Waals surface area contributed by atoms with E-state index in [9.17, 15) is 5.26 Å². The first kappa shape index (κ1) is 19.5. The van der Waals surface area contributed by atoms with Crippen LogP contribution in [0.4, 0.5) is 11.6 Å². The van der Waals surface area contributed by atoms with E-state index in [4.69, 9.17) is 4.98 Å². The fraction of sp³-hybridized carbons (Fsp3) is 0.435. The summed E-state index contributed by atoms with van der Waals surface area (Å²) in [6.07, 6.45) is 3.19. The van der Waals surface area contributed by atoms with E-state index in [1.807, 2.05) is 43.7 Å². The zero-order valence-electron chi connectivity index (χ0n) is 18.3. The average Bonchev–Trinajstić information content (AvgIpc) is 3.37. The Balaban J connectivity index is 1.37. The minimum atomic E-state index is 0.693. The van der Waals surface area contributed by atoms with Gasteiger partial charge >= 0.3 is 0 Å². The van der Waals surface area contributed by atoms with E-state index in [2.05, 4.69) is 30.9 Å². The van der Waals surface area contributed by atoms with Gasteiger partial charge in [-0.1, -0.05) is 0 Å². The lowest BCUT2D eigenvalue weighted by molar-refractivity contribution is 0.637. The standard InChI is InChI=1S/C23H26N8/c1-15-11-16(2)31(28-15)22-13-21(25-17(3)26-22)29-7-9-30(10-8-29)23-19(14-24)12-18-5-4-6-20(18)27-23/h11-13H,4-10H2,1-3H3. The number of rotatable bonds is 3. The Kier molecular flexibility index (Phi) is 4.81. The van der Waals surface area contributed by atoms with Crippen LogP contribution in [0, 0.1) is 32.1 Å². The third-order valence-electron chi connectivity index (χ3n) is 6.09. The van der Waals surface area contributed by atoms with Crippen LogP contribution in [0.2, 0.25) is 0 Å². The molecule has 1 aliphatic carbocycles. The molecule has 0 bridgehead atoms. The highest BCUT2D eigenvalue weighted by molar-refractivity contribution is 5.58. The number of nitriles is 1. The summed E-state index contributed by atoms with van der Waals surface area (Å²) in [6, 6.07) is 8.46. The smallest absolute Gasteiger partial charge is 0.159 e. The molecule has 8 heteroatoms. The average molecular weight is 415 g/mol. The molecule has 1 aliphatic heterocycles. The molecule has 31 heavy (non-hydrogen) atoms. The van der Waals surface area contributed by atoms with E-state index in [1.54, 1.807) is 0 Å². The summed E-state index contributed by atoms with van der Waals surface area (Å²) in [5, 5.41) is 14.2. The molecule has 0 saturated carbocycles. The van der Waals surface area contributed by atoms with Crippen molar-refractivity contribution in [1.82, 2.24) is 24.7 Å². The van der Waals surface area contributed by atoms with Crippen LogP contribution in [0.25, 0.3) is 5.82 Å². The van der Waals surface area contributed by atoms with Gasteiger partial charge in [0.15, 0.2) is 5.82 Å². The lowest BCUT2D eigenvalue weighted by atomic mass is 10.1. The van der Waals surface area contributed by atoms with Gasteiger partial charge in [-0.05, 0) is 57.7 Å². The van der Waals surface area contributed by atoms with Crippen molar-refractivity contribution in [2.24, 2.45) is 0 Å². The van der Waals surface area contributed by atoms with Gasteiger partial charge in [0, 0.05) is 43.6 Å². The number of nitrogens with zero attached hydrogens (tertiary/aromatic N) is 8. The molecule has 1 saturated heterocycles. The highest BCUT2D eigenvalue weighted by atomic mass is 15.3. The highest BCUT2D eigenvalue weighted by Gasteiger charge is 2.24. The van der Waals surface area contributed by atoms with Crippen molar-refractivity contribution in [3.05, 3.63) is 52.2 Å². The number of anilines is 2. The Morgan fingerprint density at radius 3 is 2.32 bits per heavy atom. The molecule has 4 heterocycles. The predicted octanol–water partition coefficient (Wildman–Crippen LogP) is 2.67. The minimum Gasteiger partial charge on any atom is -0.353 e. The van der Waals surface area contributed by atoms with Crippen molar-refractivity contribution >= 4 is 11.6 Å². The van der Waals surface area contributed by atoms with Crippen LogP contribution < -0.4 is 9.80 Å². The summed E-state index contributed by atoms with van der Waals surface area (Å²) < 4.78 is 1.87. The Morgan fingerprint density at radius 2 is 1.61 bits per heavy atom. The molecule has 5 rings (SSSR count). The van der Waals surface area contributed by atoms with E-state index in [-0.39, 0.29) is 0 Å². The molecule has 0 unspecified atom stereocenters. The van der Waals surface area contributed by atoms with E-state index >= 15 is 0 Å². The van der Waals surface area contributed by atoms with E-state index in [0.717, 1.165) is 85.8 Å². The lowest BCUT2D eigenvalue weighted by Crippen LogP contribution is -2.47. The van der Waals surface area contributed by atoms with Crippen LogP contribution in [0.5, 0.6) is 0 Å². The largest absolute Gasteiger partial charge is 0.353 e. The van der Waals surface area contributed by atoms with Crippen LogP contribution in [-0.4, -0.2) is 50.9 Å². The molecule has 0 amide bonds. The predicted molar refractivity (Wildman–Crippen MR) is 119 cm³/mol. The number of fused-ring (bicyclic) bond motifs is 1. The zero-order valence-corrected chi connectivity index (χ0v) is 18.3. The van der Waals surface area contributed by atoms with Crippen molar-refractivity contribution in [2.45, 2.75) is 40.0 Å². The van der Waals surface area contributed by atoms with Gasteiger partial charge in [-0.3, -0.25) is 0 Å². The number of piperazine rings is 1. The molecular formula is C23H26N8. The monoisotopic (exact) mass is 414 g/mol. The Bertz CT molecular complexity index is 1180. The van der Waals surface area contributed by atoms with E-state index in [1.165, 1.54) is 5.56 Å². The van der Waals surface area contributed by atoms with Gasteiger partial charge < -0.3 is 9.80 Å². The summed E-state index contributed by atoms with van der Waals surface area (Å²) in [5.41, 5.74) is 5.13. The molecule has 0 aromatic carbocycles. The van der Waals surface area contributed by atoms with Crippen LogP contribution in [0.15, 0.2) is 18.2 Å². The first-order chi connectivity index (χ1) is 15.0. The second-order valence-corrected chi connectivity index (χ2v) is 8.38. The molecule has 0 spiro atoms. The molecule has 3 aromatic rings. The lowest BCUT2D eigenvalue weighted by Gasteiger charge is -2.36. The Hall–Kier alpha value is -3.47. The second kappa shape index (κ2) is 7.65. The zero-order chi connectivity index (χ0) is 21.5. The number of hydrogen-bond donors (Lipinski definition) is 0. The Morgan fingerprint density at radius 1 is 0.871 bits per heavy atom. The van der Waals surface area contributed by atoms with Gasteiger partial charge in [0.05, 0.1) is 11.3 Å². The van der Waals surface area contributed by atoms with Gasteiger partial charge in [-0.15, -0.1) is 0 Å². The molecular weight excluding hydrogens is 388 g/mol. The van der Waals surface area contributed by atoms with Crippen molar-refractivity contribution in [3.8, 4) is 11.9 Å². The fourth-order valence-electron chi connectivity index (χ4n) is 4.60. The molecule has 1 fully saturated rings. The van der Waals surface area contributed by atoms with Gasteiger partial charge in [0.25, 0.3) is 0 Å². The van der Waals surface area contributed by atoms with Gasteiger partial charge in [0.1, 0.15) is 23.5 Å². The minimum absolute atomic E-state index is 0.693. The topological polar surface area (TPSA) is 86.8 Å². The maximum atomic E-state index is 9.65. The van der Waals surface area contributed by atoms with Crippen LogP contribution in [0.3, 0.4) is 0 Å². The van der Waals surface area contributed by atoms with Crippen molar-refractivity contribution in [1.29, 1.82) is 5.26 Å². The summed E-state index contributed by atoms with van der Waals surface area (Å²) in [5.74, 6) is 3.28. The fourth-order valence-corrected chi connectivity index (χ4v) is 4.60. The third-order valence-corrected chi connectivity index (χ3v) is 6.09. The molecule has 3 aromatic heterocycles. The quantitative estimate of drug-likeness (QED) is 0.651. The summed E-state index contributed by atoms with van der Waals surface area (Å²) in [6.45, 7) is 9.18. The number of hydrogen-bond acceptors (Lipinski definition) is 7. The molecule has 158 valence electrons. The summed E-state index contributed by atoms with van der Waals surface area (Å²) in [7, 11) is 0. The molecule has 0 radical (unpaired) electrons. The van der Waals surface area contributed by atoms with Crippen LogP contribution >= 0.6 is 0 Å². The molecule has 0 N–H and O–H groups in total. The molecule has 2 aliphatic rings. The van der Waals surface area contributed by atoms with Crippen molar-refractivity contribution in [3.63, 3.8) is 0 Å². The van der Waals surface area contributed by atoms with E-state index < -0.39 is 0 Å².